The Balaban J connectivity index is 1.46. The molecule has 1 N–H and O–H groups in total. The number of nitrogens with zero attached hydrogens (tertiary/aromatic N) is 2. The van der Waals surface area contributed by atoms with E-state index >= 15 is 0 Å². The zero-order valence-electron chi connectivity index (χ0n) is 15.7. The fourth-order valence-corrected chi connectivity index (χ4v) is 3.90. The molecule has 2 fully saturated rings. The van der Waals surface area contributed by atoms with Gasteiger partial charge in [-0.3, -0.25) is 14.6 Å². The number of carbonyl (C=O) groups excluding carboxylic acids is 2. The van der Waals surface area contributed by atoms with Crippen molar-refractivity contribution in [1.82, 2.24) is 15.1 Å². The molecule has 2 heterocycles. The lowest BCUT2D eigenvalue weighted by Crippen LogP contribution is -2.45. The van der Waals surface area contributed by atoms with Gasteiger partial charge in [-0.2, -0.15) is 0 Å². The molecule has 1 amide bonds. The maximum absolute atomic E-state index is 12.5. The Bertz CT molecular complexity index is 626. The Kier molecular flexibility index (Phi) is 6.27. The van der Waals surface area contributed by atoms with Crippen LogP contribution in [0.4, 0.5) is 0 Å². The molecule has 6 heteroatoms. The van der Waals surface area contributed by atoms with Gasteiger partial charge in [0.25, 0.3) is 0 Å². The number of hydrogen-bond acceptors (Lipinski definition) is 5. The molecule has 3 rings (SSSR count). The first-order valence-corrected chi connectivity index (χ1v) is 9.51. The van der Waals surface area contributed by atoms with Gasteiger partial charge >= 0.3 is 5.97 Å². The second-order valence-electron chi connectivity index (χ2n) is 7.26. The van der Waals surface area contributed by atoms with Gasteiger partial charge in [-0.25, -0.2) is 4.79 Å². The Morgan fingerprint density at radius 3 is 2.54 bits per heavy atom. The summed E-state index contributed by atoms with van der Waals surface area (Å²) in [6.45, 7) is 6.85. The van der Waals surface area contributed by atoms with Gasteiger partial charge in [-0.15, -0.1) is 0 Å². The molecule has 0 saturated carbocycles. The average Bonchev–Trinajstić information content (AvgIpc) is 3.36. The Hall–Kier alpha value is -1.92. The van der Waals surface area contributed by atoms with Gasteiger partial charge in [0, 0.05) is 25.7 Å². The number of hydrogen-bond donors (Lipinski definition) is 1. The first kappa shape index (κ1) is 18.9. The maximum Gasteiger partial charge on any atom is 0.337 e. The van der Waals surface area contributed by atoms with Crippen LogP contribution < -0.4 is 5.32 Å². The highest BCUT2D eigenvalue weighted by Crippen LogP contribution is 2.21. The lowest BCUT2D eigenvalue weighted by atomic mass is 10.1. The number of rotatable bonds is 6. The van der Waals surface area contributed by atoms with Crippen LogP contribution in [-0.2, 0) is 16.1 Å². The third-order valence-electron chi connectivity index (χ3n) is 5.62. The fourth-order valence-electron chi connectivity index (χ4n) is 3.90. The van der Waals surface area contributed by atoms with Crippen LogP contribution in [0.25, 0.3) is 0 Å². The largest absolute Gasteiger partial charge is 0.465 e. The van der Waals surface area contributed by atoms with E-state index in [2.05, 4.69) is 15.1 Å². The summed E-state index contributed by atoms with van der Waals surface area (Å²) < 4.78 is 4.69. The molecule has 2 atom stereocenters. The number of nitrogens with one attached hydrogen (secondary N) is 1. The van der Waals surface area contributed by atoms with Crippen molar-refractivity contribution >= 4 is 11.9 Å². The molecule has 2 aliphatic heterocycles. The smallest absolute Gasteiger partial charge is 0.337 e. The summed E-state index contributed by atoms with van der Waals surface area (Å²) in [4.78, 5) is 28.8. The summed E-state index contributed by atoms with van der Waals surface area (Å²) >= 11 is 0. The van der Waals surface area contributed by atoms with Gasteiger partial charge in [0.1, 0.15) is 0 Å². The highest BCUT2D eigenvalue weighted by Gasteiger charge is 2.33. The molecule has 2 unspecified atom stereocenters. The second-order valence-corrected chi connectivity index (χ2v) is 7.26. The van der Waals surface area contributed by atoms with Gasteiger partial charge in [0.05, 0.1) is 18.7 Å². The SMILES string of the molecule is COC(=O)c1ccc(CNC(=O)C(C)N2CCC(N3CCCC3)C2)cc1. The van der Waals surface area contributed by atoms with E-state index in [0.29, 0.717) is 18.2 Å². The predicted octanol–water partition coefficient (Wildman–Crippen LogP) is 1.65. The molecular formula is C20H29N3O3. The lowest BCUT2D eigenvalue weighted by molar-refractivity contribution is -0.125. The molecule has 1 aromatic rings. The van der Waals surface area contributed by atoms with Crippen LogP contribution in [0.3, 0.4) is 0 Å². The predicted molar refractivity (Wildman–Crippen MR) is 99.9 cm³/mol. The topological polar surface area (TPSA) is 61.9 Å². The van der Waals surface area contributed by atoms with E-state index in [0.717, 1.165) is 25.1 Å². The second kappa shape index (κ2) is 8.64. The van der Waals surface area contributed by atoms with Gasteiger partial charge < -0.3 is 10.1 Å². The third kappa shape index (κ3) is 4.43. The molecule has 6 nitrogen and oxygen atoms in total. The van der Waals surface area contributed by atoms with Crippen LogP contribution in [0.2, 0.25) is 0 Å². The fraction of sp³-hybridized carbons (Fsp3) is 0.600. The van der Waals surface area contributed by atoms with Crippen molar-refractivity contribution in [3.05, 3.63) is 35.4 Å². The zero-order valence-corrected chi connectivity index (χ0v) is 15.7. The van der Waals surface area contributed by atoms with E-state index in [1.54, 1.807) is 12.1 Å². The summed E-state index contributed by atoms with van der Waals surface area (Å²) in [5, 5.41) is 3.01. The van der Waals surface area contributed by atoms with E-state index in [1.165, 1.54) is 33.0 Å². The van der Waals surface area contributed by atoms with Crippen molar-refractivity contribution in [2.24, 2.45) is 0 Å². The van der Waals surface area contributed by atoms with Crippen LogP contribution in [0.5, 0.6) is 0 Å². The first-order chi connectivity index (χ1) is 12.6. The Labute approximate surface area is 155 Å². The molecule has 1 aromatic carbocycles. The maximum atomic E-state index is 12.5. The van der Waals surface area contributed by atoms with Crippen molar-refractivity contribution < 1.29 is 14.3 Å². The van der Waals surface area contributed by atoms with Gasteiger partial charge in [-0.1, -0.05) is 12.1 Å². The van der Waals surface area contributed by atoms with Crippen LogP contribution in [0.1, 0.15) is 42.1 Å². The minimum Gasteiger partial charge on any atom is -0.465 e. The van der Waals surface area contributed by atoms with E-state index in [-0.39, 0.29) is 17.9 Å². The van der Waals surface area contributed by atoms with E-state index < -0.39 is 0 Å². The summed E-state index contributed by atoms with van der Waals surface area (Å²) in [6.07, 6.45) is 3.77. The molecule has 0 spiro atoms. The molecule has 0 aromatic heterocycles. The molecule has 26 heavy (non-hydrogen) atoms. The third-order valence-corrected chi connectivity index (χ3v) is 5.62. The van der Waals surface area contributed by atoms with E-state index in [9.17, 15) is 9.59 Å². The summed E-state index contributed by atoms with van der Waals surface area (Å²) in [7, 11) is 1.37. The number of benzene rings is 1. The first-order valence-electron chi connectivity index (χ1n) is 9.51. The monoisotopic (exact) mass is 359 g/mol. The summed E-state index contributed by atoms with van der Waals surface area (Å²) in [5.74, 6) is -0.292. The van der Waals surface area contributed by atoms with E-state index in [1.807, 2.05) is 19.1 Å². The van der Waals surface area contributed by atoms with Gasteiger partial charge in [-0.05, 0) is 57.0 Å². The molecule has 0 radical (unpaired) electrons. The van der Waals surface area contributed by atoms with Crippen molar-refractivity contribution in [1.29, 1.82) is 0 Å². The number of amides is 1. The zero-order chi connectivity index (χ0) is 18.5. The van der Waals surface area contributed by atoms with E-state index in [4.69, 9.17) is 4.74 Å². The number of carbonyl (C=O) groups is 2. The van der Waals surface area contributed by atoms with Gasteiger partial charge in [0.2, 0.25) is 5.91 Å². The van der Waals surface area contributed by atoms with Crippen molar-refractivity contribution in [3.8, 4) is 0 Å². The van der Waals surface area contributed by atoms with Crippen LogP contribution in [0, 0.1) is 0 Å². The highest BCUT2D eigenvalue weighted by atomic mass is 16.5. The number of ether oxygens (including phenoxy) is 1. The standard InChI is InChI=1S/C20H29N3O3/c1-15(23-12-9-18(14-23)22-10-3-4-11-22)19(24)21-13-16-5-7-17(8-6-16)20(25)26-2/h5-8,15,18H,3-4,9-14H2,1-2H3,(H,21,24). The molecule has 2 aliphatic rings. The minimum absolute atomic E-state index is 0.0594. The molecular weight excluding hydrogens is 330 g/mol. The molecule has 0 aliphatic carbocycles. The van der Waals surface area contributed by atoms with Gasteiger partial charge in [0.15, 0.2) is 0 Å². The average molecular weight is 359 g/mol. The van der Waals surface area contributed by atoms with Crippen LogP contribution in [-0.4, -0.2) is 67.0 Å². The number of methoxy groups -OCH3 is 1. The van der Waals surface area contributed by atoms with Crippen molar-refractivity contribution in [2.45, 2.75) is 44.8 Å². The lowest BCUT2D eigenvalue weighted by Gasteiger charge is -2.26. The molecule has 2 saturated heterocycles. The summed E-state index contributed by atoms with van der Waals surface area (Å²) in [6, 6.07) is 7.62. The number of likely N-dealkylation sites (tertiary alicyclic amines) is 2. The van der Waals surface area contributed by atoms with Crippen molar-refractivity contribution in [3.63, 3.8) is 0 Å². The Morgan fingerprint density at radius 2 is 1.88 bits per heavy atom. The summed E-state index contributed by atoms with van der Waals surface area (Å²) in [5.41, 5.74) is 1.48. The minimum atomic E-state index is -0.351. The molecule has 142 valence electrons. The van der Waals surface area contributed by atoms with Crippen LogP contribution >= 0.6 is 0 Å². The Morgan fingerprint density at radius 1 is 1.19 bits per heavy atom. The highest BCUT2D eigenvalue weighted by molar-refractivity contribution is 5.89. The quantitative estimate of drug-likeness (QED) is 0.783. The normalized spacial score (nSPS) is 22.3. The van der Waals surface area contributed by atoms with Crippen LogP contribution in [0.15, 0.2) is 24.3 Å². The number of esters is 1. The molecule has 0 bridgehead atoms. The van der Waals surface area contributed by atoms with Crippen molar-refractivity contribution in [2.75, 3.05) is 33.3 Å².